The number of carbonyl (C=O) groups is 2. The summed E-state index contributed by atoms with van der Waals surface area (Å²) in [4.78, 5) is 28.5. The number of sulfonamides is 1. The molecule has 10 heteroatoms. The Morgan fingerprint density at radius 1 is 0.975 bits per heavy atom. The summed E-state index contributed by atoms with van der Waals surface area (Å²) in [6.45, 7) is 5.14. The van der Waals surface area contributed by atoms with Gasteiger partial charge in [-0.15, -0.1) is 0 Å². The summed E-state index contributed by atoms with van der Waals surface area (Å²) in [5.41, 5.74) is 1.10. The predicted molar refractivity (Wildman–Crippen MR) is 158 cm³/mol. The molecule has 8 nitrogen and oxygen atoms in total. The van der Waals surface area contributed by atoms with Crippen molar-refractivity contribution < 1.29 is 22.7 Å². The van der Waals surface area contributed by atoms with Crippen LogP contribution in [-0.4, -0.2) is 57.4 Å². The van der Waals surface area contributed by atoms with E-state index >= 15 is 0 Å². The van der Waals surface area contributed by atoms with Crippen molar-refractivity contribution in [3.05, 3.63) is 89.4 Å². The smallest absolute Gasteiger partial charge is 0.264 e. The molecule has 3 rings (SSSR count). The highest BCUT2D eigenvalue weighted by Gasteiger charge is 2.34. The van der Waals surface area contributed by atoms with Gasteiger partial charge in [-0.3, -0.25) is 13.9 Å². The molecule has 0 bridgehead atoms. The third kappa shape index (κ3) is 7.76. The molecule has 0 saturated carbocycles. The minimum Gasteiger partial charge on any atom is -0.495 e. The van der Waals surface area contributed by atoms with Crippen LogP contribution in [0.3, 0.4) is 0 Å². The molecule has 2 unspecified atom stereocenters. The van der Waals surface area contributed by atoms with E-state index in [1.807, 2.05) is 44.2 Å². The van der Waals surface area contributed by atoms with Crippen molar-refractivity contribution in [1.29, 1.82) is 0 Å². The lowest BCUT2D eigenvalue weighted by atomic mass is 10.1. The van der Waals surface area contributed by atoms with Gasteiger partial charge in [0.15, 0.2) is 0 Å². The second-order valence-electron chi connectivity index (χ2n) is 9.46. The number of rotatable bonds is 13. The lowest BCUT2D eigenvalue weighted by Gasteiger charge is -2.32. The summed E-state index contributed by atoms with van der Waals surface area (Å²) in [5.74, 6) is -0.618. The molecule has 0 fully saturated rings. The van der Waals surface area contributed by atoms with E-state index < -0.39 is 28.5 Å². The lowest BCUT2D eigenvalue weighted by molar-refractivity contribution is -0.139. The van der Waals surface area contributed by atoms with Crippen LogP contribution in [0.2, 0.25) is 5.02 Å². The molecule has 0 saturated heterocycles. The number of benzene rings is 3. The Labute approximate surface area is 241 Å². The number of nitrogens with one attached hydrogen (secondary N) is 1. The van der Waals surface area contributed by atoms with E-state index in [0.29, 0.717) is 6.42 Å². The Balaban J connectivity index is 2.03. The molecule has 0 aliphatic heterocycles. The fourth-order valence-electron chi connectivity index (χ4n) is 4.13. The molecular weight excluding hydrogens is 550 g/mol. The van der Waals surface area contributed by atoms with Gasteiger partial charge in [-0.2, -0.15) is 0 Å². The average molecular weight is 586 g/mol. The Morgan fingerprint density at radius 3 is 2.20 bits per heavy atom. The first-order valence-electron chi connectivity index (χ1n) is 13.1. The SMILES string of the molecule is CCC(C)NC(=O)C(C)N(CCc1ccccc1)C(=O)CN(c1cc(Cl)ccc1OC)S(=O)(=O)c1ccccc1. The highest BCUT2D eigenvalue weighted by Crippen LogP contribution is 2.35. The second kappa shape index (κ2) is 14.2. The summed E-state index contributed by atoms with van der Waals surface area (Å²) < 4.78 is 34.3. The van der Waals surface area contributed by atoms with Gasteiger partial charge in [-0.05, 0) is 62.6 Å². The second-order valence-corrected chi connectivity index (χ2v) is 11.8. The van der Waals surface area contributed by atoms with Crippen molar-refractivity contribution in [2.45, 2.75) is 50.6 Å². The number of hydrogen-bond acceptors (Lipinski definition) is 5. The quantitative estimate of drug-likeness (QED) is 0.307. The Hall–Kier alpha value is -3.56. The van der Waals surface area contributed by atoms with Crippen LogP contribution in [-0.2, 0) is 26.0 Å². The molecule has 0 aliphatic carbocycles. The van der Waals surface area contributed by atoms with Crippen LogP contribution >= 0.6 is 11.6 Å². The van der Waals surface area contributed by atoms with Gasteiger partial charge in [0.05, 0.1) is 17.7 Å². The summed E-state index contributed by atoms with van der Waals surface area (Å²) in [6, 6.07) is 21.1. The topological polar surface area (TPSA) is 96.0 Å². The fourth-order valence-corrected chi connectivity index (χ4v) is 5.73. The molecular formula is C30H36ClN3O5S. The number of methoxy groups -OCH3 is 1. The van der Waals surface area contributed by atoms with Crippen LogP contribution < -0.4 is 14.4 Å². The van der Waals surface area contributed by atoms with Crippen LogP contribution in [0.4, 0.5) is 5.69 Å². The van der Waals surface area contributed by atoms with Crippen LogP contribution in [0, 0.1) is 0 Å². The van der Waals surface area contributed by atoms with Gasteiger partial charge < -0.3 is 15.0 Å². The van der Waals surface area contributed by atoms with Crippen LogP contribution in [0.5, 0.6) is 5.75 Å². The standard InChI is InChI=1S/C30H36ClN3O5S/c1-5-22(2)32-30(36)23(3)33(19-18-24-12-8-6-9-13-24)29(35)21-34(27-20-25(31)16-17-28(27)39-4)40(37,38)26-14-10-7-11-15-26/h6-17,20,22-23H,5,18-19,21H2,1-4H3,(H,32,36). The van der Waals surface area contributed by atoms with Crippen molar-refractivity contribution in [1.82, 2.24) is 10.2 Å². The summed E-state index contributed by atoms with van der Waals surface area (Å²) in [6.07, 6.45) is 1.22. The van der Waals surface area contributed by atoms with Crippen molar-refractivity contribution in [3.8, 4) is 5.75 Å². The molecule has 214 valence electrons. The minimum atomic E-state index is -4.22. The van der Waals surface area contributed by atoms with E-state index in [0.717, 1.165) is 16.3 Å². The fraction of sp³-hybridized carbons (Fsp3) is 0.333. The van der Waals surface area contributed by atoms with Crippen molar-refractivity contribution in [2.24, 2.45) is 0 Å². The van der Waals surface area contributed by atoms with E-state index in [1.54, 1.807) is 37.3 Å². The number of amides is 2. The molecule has 0 heterocycles. The molecule has 1 N–H and O–H groups in total. The van der Waals surface area contributed by atoms with Gasteiger partial charge >= 0.3 is 0 Å². The third-order valence-electron chi connectivity index (χ3n) is 6.67. The van der Waals surface area contributed by atoms with Gasteiger partial charge in [0.2, 0.25) is 11.8 Å². The highest BCUT2D eigenvalue weighted by molar-refractivity contribution is 7.92. The maximum Gasteiger partial charge on any atom is 0.264 e. The Morgan fingerprint density at radius 2 is 1.60 bits per heavy atom. The zero-order valence-electron chi connectivity index (χ0n) is 23.2. The van der Waals surface area contributed by atoms with Gasteiger partial charge in [0.1, 0.15) is 18.3 Å². The van der Waals surface area contributed by atoms with E-state index in [-0.39, 0.29) is 39.8 Å². The number of hydrogen-bond donors (Lipinski definition) is 1. The molecule has 0 spiro atoms. The zero-order chi connectivity index (χ0) is 29.3. The Kier molecular flexibility index (Phi) is 11.0. The van der Waals surface area contributed by atoms with Crippen LogP contribution in [0.1, 0.15) is 32.8 Å². The van der Waals surface area contributed by atoms with E-state index in [1.165, 1.54) is 30.2 Å². The first kappa shape index (κ1) is 31.0. The molecule has 0 aliphatic rings. The maximum absolute atomic E-state index is 14.0. The normalized spacial score (nSPS) is 12.7. The summed E-state index contributed by atoms with van der Waals surface area (Å²) >= 11 is 6.26. The minimum absolute atomic E-state index is 0.00299. The molecule has 40 heavy (non-hydrogen) atoms. The van der Waals surface area contributed by atoms with Crippen molar-refractivity contribution in [3.63, 3.8) is 0 Å². The number of anilines is 1. The number of nitrogens with zero attached hydrogens (tertiary/aromatic N) is 2. The van der Waals surface area contributed by atoms with Crippen LogP contribution in [0.25, 0.3) is 0 Å². The predicted octanol–water partition coefficient (Wildman–Crippen LogP) is 4.92. The number of halogens is 1. The van der Waals surface area contributed by atoms with E-state index in [2.05, 4.69) is 5.32 Å². The van der Waals surface area contributed by atoms with Gasteiger partial charge in [0, 0.05) is 17.6 Å². The van der Waals surface area contributed by atoms with Crippen LogP contribution in [0.15, 0.2) is 83.8 Å². The zero-order valence-corrected chi connectivity index (χ0v) is 24.8. The van der Waals surface area contributed by atoms with Crippen molar-refractivity contribution >= 4 is 39.1 Å². The molecule has 3 aromatic carbocycles. The monoisotopic (exact) mass is 585 g/mol. The molecule has 3 aromatic rings. The number of ether oxygens (including phenoxy) is 1. The van der Waals surface area contributed by atoms with E-state index in [4.69, 9.17) is 16.3 Å². The Bertz CT molecular complexity index is 1390. The largest absolute Gasteiger partial charge is 0.495 e. The van der Waals surface area contributed by atoms with Gasteiger partial charge in [-0.1, -0.05) is 67.1 Å². The molecule has 0 radical (unpaired) electrons. The van der Waals surface area contributed by atoms with E-state index in [9.17, 15) is 18.0 Å². The third-order valence-corrected chi connectivity index (χ3v) is 8.68. The maximum atomic E-state index is 14.0. The van der Waals surface area contributed by atoms with Crippen molar-refractivity contribution in [2.75, 3.05) is 24.5 Å². The lowest BCUT2D eigenvalue weighted by Crippen LogP contribution is -2.53. The summed E-state index contributed by atoms with van der Waals surface area (Å²) in [7, 11) is -2.81. The first-order valence-corrected chi connectivity index (χ1v) is 14.9. The molecule has 2 atom stereocenters. The number of carbonyl (C=O) groups excluding carboxylic acids is 2. The first-order chi connectivity index (χ1) is 19.1. The summed E-state index contributed by atoms with van der Waals surface area (Å²) in [5, 5.41) is 3.20. The average Bonchev–Trinajstić information content (AvgIpc) is 2.96. The molecule has 2 amide bonds. The van der Waals surface area contributed by atoms with Gasteiger partial charge in [0.25, 0.3) is 10.0 Å². The highest BCUT2D eigenvalue weighted by atomic mass is 35.5. The molecule has 0 aromatic heterocycles. The van der Waals surface area contributed by atoms with Gasteiger partial charge in [-0.25, -0.2) is 8.42 Å².